The van der Waals surface area contributed by atoms with Crippen molar-refractivity contribution < 1.29 is 4.79 Å². The maximum Gasteiger partial charge on any atom is 0.257 e. The Morgan fingerprint density at radius 2 is 1.90 bits per heavy atom. The van der Waals surface area contributed by atoms with Gasteiger partial charge in [0.2, 0.25) is 0 Å². The van der Waals surface area contributed by atoms with Gasteiger partial charge in [0.25, 0.3) is 5.91 Å². The molecule has 1 N–H and O–H groups in total. The van der Waals surface area contributed by atoms with Gasteiger partial charge in [-0.15, -0.1) is 0 Å². The molecule has 21 heavy (non-hydrogen) atoms. The highest BCUT2D eigenvalue weighted by Gasteiger charge is 2.10. The largest absolute Gasteiger partial charge is 0.322 e. The number of aromatic nitrogens is 2. The third-order valence-electron chi connectivity index (χ3n) is 3.69. The van der Waals surface area contributed by atoms with E-state index in [1.807, 2.05) is 55.6 Å². The Balaban J connectivity index is 1.91. The minimum absolute atomic E-state index is 0.114. The van der Waals surface area contributed by atoms with Gasteiger partial charge in [0, 0.05) is 18.1 Å². The third kappa shape index (κ3) is 2.52. The predicted octanol–water partition coefficient (Wildman–Crippen LogP) is 3.51. The molecule has 1 amide bonds. The Morgan fingerprint density at radius 3 is 2.71 bits per heavy atom. The highest BCUT2D eigenvalue weighted by Crippen LogP contribution is 2.19. The van der Waals surface area contributed by atoms with Crippen molar-refractivity contribution in [1.82, 2.24) is 9.38 Å². The molecule has 0 saturated heterocycles. The van der Waals surface area contributed by atoms with Crippen LogP contribution in [0.1, 0.15) is 27.2 Å². The monoisotopic (exact) mass is 279 g/mol. The van der Waals surface area contributed by atoms with Crippen molar-refractivity contribution in [3.8, 4) is 0 Å². The number of hydrogen-bond donors (Lipinski definition) is 1. The number of hydrogen-bond acceptors (Lipinski definition) is 2. The first-order valence-corrected chi connectivity index (χ1v) is 6.87. The molecule has 0 fully saturated rings. The number of anilines is 1. The van der Waals surface area contributed by atoms with E-state index in [0.29, 0.717) is 5.56 Å². The number of fused-ring (bicyclic) bond motifs is 1. The number of carbonyl (C=O) groups is 1. The van der Waals surface area contributed by atoms with Gasteiger partial charge in [0.1, 0.15) is 5.65 Å². The Kier molecular flexibility index (Phi) is 3.22. The van der Waals surface area contributed by atoms with Gasteiger partial charge in [-0.1, -0.05) is 12.1 Å². The molecule has 0 saturated carbocycles. The number of amides is 1. The van der Waals surface area contributed by atoms with Crippen LogP contribution in [0.4, 0.5) is 5.69 Å². The molecule has 0 aliphatic carbocycles. The van der Waals surface area contributed by atoms with Gasteiger partial charge in [-0.05, 0) is 50.1 Å². The summed E-state index contributed by atoms with van der Waals surface area (Å²) in [6.45, 7) is 5.97. The fraction of sp³-hybridized carbons (Fsp3) is 0.176. The number of imidazole rings is 1. The molecule has 0 radical (unpaired) electrons. The van der Waals surface area contributed by atoms with Crippen LogP contribution in [0.5, 0.6) is 0 Å². The van der Waals surface area contributed by atoms with Crippen molar-refractivity contribution in [2.24, 2.45) is 0 Å². The molecular formula is C17H17N3O. The van der Waals surface area contributed by atoms with Crippen molar-refractivity contribution >= 4 is 17.2 Å². The molecule has 0 spiro atoms. The second kappa shape index (κ2) is 5.05. The molecule has 0 aliphatic rings. The number of carbonyl (C=O) groups excluding carboxylic acids is 1. The topological polar surface area (TPSA) is 46.4 Å². The molecule has 0 bridgehead atoms. The minimum atomic E-state index is -0.114. The van der Waals surface area contributed by atoms with Crippen LogP contribution in [-0.4, -0.2) is 15.3 Å². The maximum absolute atomic E-state index is 12.4. The molecule has 2 heterocycles. The first-order valence-electron chi connectivity index (χ1n) is 6.87. The summed E-state index contributed by atoms with van der Waals surface area (Å²) < 4.78 is 1.87. The highest BCUT2D eigenvalue weighted by atomic mass is 16.1. The first kappa shape index (κ1) is 13.4. The quantitative estimate of drug-likeness (QED) is 0.780. The van der Waals surface area contributed by atoms with Gasteiger partial charge >= 0.3 is 0 Å². The SMILES string of the molecule is Cc1cn2cc(C(=O)Nc3cccc(C)c3C)ccc2n1. The lowest BCUT2D eigenvalue weighted by Gasteiger charge is -2.10. The zero-order chi connectivity index (χ0) is 15.0. The minimum Gasteiger partial charge on any atom is -0.322 e. The van der Waals surface area contributed by atoms with E-state index in [4.69, 9.17) is 0 Å². The van der Waals surface area contributed by atoms with Gasteiger partial charge < -0.3 is 9.72 Å². The standard InChI is InChI=1S/C17H17N3O/c1-11-5-4-6-15(13(11)3)19-17(21)14-7-8-16-18-12(2)9-20(16)10-14/h4-10H,1-3H3,(H,19,21). The van der Waals surface area contributed by atoms with E-state index in [2.05, 4.69) is 10.3 Å². The lowest BCUT2D eigenvalue weighted by atomic mass is 10.1. The summed E-state index contributed by atoms with van der Waals surface area (Å²) in [6, 6.07) is 9.54. The smallest absolute Gasteiger partial charge is 0.257 e. The van der Waals surface area contributed by atoms with Crippen molar-refractivity contribution in [3.63, 3.8) is 0 Å². The fourth-order valence-corrected chi connectivity index (χ4v) is 2.33. The molecule has 0 aliphatic heterocycles. The Hall–Kier alpha value is -2.62. The molecule has 106 valence electrons. The van der Waals surface area contributed by atoms with E-state index < -0.39 is 0 Å². The average molecular weight is 279 g/mol. The number of aryl methyl sites for hydroxylation is 2. The van der Waals surface area contributed by atoms with E-state index in [1.54, 1.807) is 12.3 Å². The zero-order valence-electron chi connectivity index (χ0n) is 12.3. The summed E-state index contributed by atoms with van der Waals surface area (Å²) in [6.07, 6.45) is 3.71. The molecule has 4 heteroatoms. The molecule has 1 aromatic carbocycles. The second-order valence-electron chi connectivity index (χ2n) is 5.27. The zero-order valence-corrected chi connectivity index (χ0v) is 12.3. The average Bonchev–Trinajstić information content (AvgIpc) is 2.82. The van der Waals surface area contributed by atoms with Crippen molar-refractivity contribution in [2.75, 3.05) is 5.32 Å². The van der Waals surface area contributed by atoms with Crippen LogP contribution in [0.3, 0.4) is 0 Å². The van der Waals surface area contributed by atoms with Crippen LogP contribution in [0, 0.1) is 20.8 Å². The van der Waals surface area contributed by atoms with Crippen LogP contribution in [0.25, 0.3) is 5.65 Å². The number of pyridine rings is 1. The van der Waals surface area contributed by atoms with E-state index in [-0.39, 0.29) is 5.91 Å². The summed E-state index contributed by atoms with van der Waals surface area (Å²) in [5.74, 6) is -0.114. The van der Waals surface area contributed by atoms with E-state index >= 15 is 0 Å². The molecule has 0 unspecified atom stereocenters. The van der Waals surface area contributed by atoms with Gasteiger partial charge in [-0.2, -0.15) is 0 Å². The number of benzene rings is 1. The van der Waals surface area contributed by atoms with E-state index in [0.717, 1.165) is 28.2 Å². The van der Waals surface area contributed by atoms with Crippen molar-refractivity contribution in [2.45, 2.75) is 20.8 Å². The van der Waals surface area contributed by atoms with Crippen LogP contribution in [0.15, 0.2) is 42.7 Å². The predicted molar refractivity (Wildman–Crippen MR) is 83.8 cm³/mol. The van der Waals surface area contributed by atoms with Gasteiger partial charge in [-0.25, -0.2) is 4.98 Å². The fourth-order valence-electron chi connectivity index (χ4n) is 2.33. The maximum atomic E-state index is 12.4. The third-order valence-corrected chi connectivity index (χ3v) is 3.69. The van der Waals surface area contributed by atoms with Crippen LogP contribution >= 0.6 is 0 Å². The summed E-state index contributed by atoms with van der Waals surface area (Å²) in [5, 5.41) is 2.97. The summed E-state index contributed by atoms with van der Waals surface area (Å²) in [5.41, 5.74) is 5.49. The number of nitrogens with zero attached hydrogens (tertiary/aromatic N) is 2. The lowest BCUT2D eigenvalue weighted by Crippen LogP contribution is -2.13. The van der Waals surface area contributed by atoms with Gasteiger partial charge in [0.15, 0.2) is 0 Å². The van der Waals surface area contributed by atoms with Crippen LogP contribution in [-0.2, 0) is 0 Å². The molecule has 4 nitrogen and oxygen atoms in total. The van der Waals surface area contributed by atoms with E-state index in [9.17, 15) is 4.79 Å². The molecule has 0 atom stereocenters. The Bertz CT molecular complexity index is 833. The first-order chi connectivity index (χ1) is 10.0. The summed E-state index contributed by atoms with van der Waals surface area (Å²) in [4.78, 5) is 16.7. The summed E-state index contributed by atoms with van der Waals surface area (Å²) >= 11 is 0. The lowest BCUT2D eigenvalue weighted by molar-refractivity contribution is 0.102. The number of nitrogens with one attached hydrogen (secondary N) is 1. The van der Waals surface area contributed by atoms with Crippen LogP contribution < -0.4 is 5.32 Å². The second-order valence-corrected chi connectivity index (χ2v) is 5.27. The Morgan fingerprint density at radius 1 is 1.10 bits per heavy atom. The molecule has 3 rings (SSSR count). The van der Waals surface area contributed by atoms with Gasteiger partial charge in [-0.3, -0.25) is 4.79 Å². The Labute approximate surface area is 123 Å². The molecule has 2 aromatic heterocycles. The normalized spacial score (nSPS) is 10.8. The van der Waals surface area contributed by atoms with Crippen LogP contribution in [0.2, 0.25) is 0 Å². The van der Waals surface area contributed by atoms with Crippen molar-refractivity contribution in [1.29, 1.82) is 0 Å². The molecular weight excluding hydrogens is 262 g/mol. The summed E-state index contributed by atoms with van der Waals surface area (Å²) in [7, 11) is 0. The number of rotatable bonds is 2. The molecule has 3 aromatic rings. The van der Waals surface area contributed by atoms with Crippen molar-refractivity contribution in [3.05, 3.63) is 65.1 Å². The highest BCUT2D eigenvalue weighted by molar-refractivity contribution is 6.04. The van der Waals surface area contributed by atoms with E-state index in [1.165, 1.54) is 0 Å². The van der Waals surface area contributed by atoms with Gasteiger partial charge in [0.05, 0.1) is 11.3 Å².